The number of nitrogens with one attached hydrogen (secondary N) is 2. The molecule has 1 amide bonds. The summed E-state index contributed by atoms with van der Waals surface area (Å²) < 4.78 is 1.29. The van der Waals surface area contributed by atoms with Crippen LogP contribution < -0.4 is 16.2 Å². The Morgan fingerprint density at radius 3 is 2.53 bits per heavy atom. The summed E-state index contributed by atoms with van der Waals surface area (Å²) in [5.74, 6) is -0.283. The molecule has 3 aromatic rings. The van der Waals surface area contributed by atoms with E-state index in [9.17, 15) is 14.7 Å². The van der Waals surface area contributed by atoms with Crippen molar-refractivity contribution in [1.82, 2.24) is 14.9 Å². The Hall–Kier alpha value is -3.29. The third-order valence-corrected chi connectivity index (χ3v) is 4.88. The van der Waals surface area contributed by atoms with Gasteiger partial charge in [-0.25, -0.2) is 4.98 Å². The predicted octanol–water partition coefficient (Wildman–Crippen LogP) is 2.31. The summed E-state index contributed by atoms with van der Waals surface area (Å²) in [7, 11) is 0. The molecule has 0 aliphatic heterocycles. The van der Waals surface area contributed by atoms with Crippen LogP contribution in [-0.4, -0.2) is 33.7 Å². The molecule has 0 aliphatic rings. The zero-order valence-electron chi connectivity index (χ0n) is 16.9. The van der Waals surface area contributed by atoms with Crippen molar-refractivity contribution < 1.29 is 9.90 Å². The van der Waals surface area contributed by atoms with Crippen LogP contribution in [0.15, 0.2) is 78.0 Å². The van der Waals surface area contributed by atoms with Crippen LogP contribution in [0.3, 0.4) is 0 Å². The van der Waals surface area contributed by atoms with Gasteiger partial charge in [0.05, 0.1) is 12.4 Å². The lowest BCUT2D eigenvalue weighted by molar-refractivity contribution is -0.118. The van der Waals surface area contributed by atoms with Crippen LogP contribution in [0.5, 0.6) is 0 Å². The third kappa shape index (κ3) is 5.85. The van der Waals surface area contributed by atoms with E-state index in [0.29, 0.717) is 12.2 Å². The van der Waals surface area contributed by atoms with Crippen molar-refractivity contribution in [3.63, 3.8) is 0 Å². The molecular formula is C23H26N4O3. The lowest BCUT2D eigenvalue weighted by atomic mass is 10.1. The lowest BCUT2D eigenvalue weighted by Crippen LogP contribution is -2.31. The zero-order chi connectivity index (χ0) is 21.3. The van der Waals surface area contributed by atoms with Gasteiger partial charge < -0.3 is 15.7 Å². The van der Waals surface area contributed by atoms with Gasteiger partial charge in [0.15, 0.2) is 0 Å². The minimum absolute atomic E-state index is 0.270. The molecule has 0 radical (unpaired) electrons. The molecule has 0 spiro atoms. The average molecular weight is 406 g/mol. The fraction of sp³-hybridized carbons (Fsp3) is 0.261. The average Bonchev–Trinajstić information content (AvgIpc) is 2.78. The molecule has 30 heavy (non-hydrogen) atoms. The van der Waals surface area contributed by atoms with Crippen molar-refractivity contribution in [2.24, 2.45) is 0 Å². The van der Waals surface area contributed by atoms with E-state index in [1.165, 1.54) is 23.2 Å². The van der Waals surface area contributed by atoms with Crippen LogP contribution in [0.2, 0.25) is 0 Å². The van der Waals surface area contributed by atoms with Crippen molar-refractivity contribution >= 4 is 11.6 Å². The van der Waals surface area contributed by atoms with Gasteiger partial charge in [0.2, 0.25) is 5.91 Å². The number of aliphatic hydroxyl groups is 1. The number of carbonyl (C=O) groups excluding carboxylic acids is 1. The fourth-order valence-electron chi connectivity index (χ4n) is 3.04. The summed E-state index contributed by atoms with van der Waals surface area (Å²) in [6, 6.07) is 17.8. The smallest absolute Gasteiger partial charge is 0.253 e. The van der Waals surface area contributed by atoms with E-state index < -0.39 is 12.1 Å². The Morgan fingerprint density at radius 2 is 1.83 bits per heavy atom. The molecule has 3 rings (SSSR count). The number of rotatable bonds is 9. The summed E-state index contributed by atoms with van der Waals surface area (Å²) in [4.78, 5) is 28.1. The van der Waals surface area contributed by atoms with E-state index in [1.807, 2.05) is 54.6 Å². The van der Waals surface area contributed by atoms with Crippen molar-refractivity contribution in [2.45, 2.75) is 25.5 Å². The van der Waals surface area contributed by atoms with Crippen LogP contribution >= 0.6 is 0 Å². The Labute approximate surface area is 175 Å². The van der Waals surface area contributed by atoms with Crippen molar-refractivity contribution in [2.75, 3.05) is 18.4 Å². The van der Waals surface area contributed by atoms with Gasteiger partial charge in [0, 0.05) is 24.5 Å². The first-order valence-corrected chi connectivity index (χ1v) is 9.90. The van der Waals surface area contributed by atoms with E-state index in [0.717, 1.165) is 24.1 Å². The number of aliphatic hydroxyl groups excluding tert-OH is 1. The van der Waals surface area contributed by atoms with Gasteiger partial charge in [-0.1, -0.05) is 42.5 Å². The largest absolute Gasteiger partial charge is 0.387 e. The number of nitrogens with zero attached hydrogens (tertiary/aromatic N) is 2. The summed E-state index contributed by atoms with van der Waals surface area (Å²) >= 11 is 0. The molecule has 0 fully saturated rings. The standard InChI is InChI=1S/C23H26N4O3/c1-17(27-16-25-14-12-22(27)29)23(30)26-20-9-7-18(8-10-20)11-13-24-15-21(28)19-5-3-2-4-6-19/h2-10,12,14,16-17,21,24,28H,11,13,15H2,1H3,(H,26,30)/t17?,21-/m0/s1. The molecule has 0 saturated carbocycles. The van der Waals surface area contributed by atoms with Gasteiger partial charge >= 0.3 is 0 Å². The SMILES string of the molecule is CC(C(=O)Nc1ccc(CCNC[C@H](O)c2ccccc2)cc1)n1cnccc1=O. The summed E-state index contributed by atoms with van der Waals surface area (Å²) in [6.07, 6.45) is 3.03. The number of anilines is 1. The van der Waals surface area contributed by atoms with E-state index in [1.54, 1.807) is 6.92 Å². The number of carbonyl (C=O) groups is 1. The second-order valence-corrected chi connectivity index (χ2v) is 7.07. The Morgan fingerprint density at radius 1 is 1.10 bits per heavy atom. The number of aromatic nitrogens is 2. The Balaban J connectivity index is 1.45. The van der Waals surface area contributed by atoms with Gasteiger partial charge in [-0.3, -0.25) is 14.2 Å². The molecule has 0 saturated heterocycles. The molecule has 3 N–H and O–H groups in total. The van der Waals surface area contributed by atoms with Gasteiger partial charge in [-0.05, 0) is 43.1 Å². The van der Waals surface area contributed by atoms with E-state index in [4.69, 9.17) is 0 Å². The van der Waals surface area contributed by atoms with Crippen molar-refractivity contribution in [3.8, 4) is 0 Å². The van der Waals surface area contributed by atoms with Crippen LogP contribution in [0.1, 0.15) is 30.2 Å². The van der Waals surface area contributed by atoms with Crippen LogP contribution in [0, 0.1) is 0 Å². The highest BCUT2D eigenvalue weighted by Gasteiger charge is 2.16. The van der Waals surface area contributed by atoms with Gasteiger partial charge in [0.25, 0.3) is 5.56 Å². The molecule has 7 heteroatoms. The second-order valence-electron chi connectivity index (χ2n) is 7.07. The molecule has 1 unspecified atom stereocenters. The molecule has 1 aromatic heterocycles. The van der Waals surface area contributed by atoms with Crippen molar-refractivity contribution in [1.29, 1.82) is 0 Å². The highest BCUT2D eigenvalue weighted by atomic mass is 16.3. The Kier molecular flexibility index (Phi) is 7.48. The quantitative estimate of drug-likeness (QED) is 0.474. The monoisotopic (exact) mass is 406 g/mol. The normalized spacial score (nSPS) is 12.9. The summed E-state index contributed by atoms with van der Waals surface area (Å²) in [5, 5.41) is 16.2. The molecule has 7 nitrogen and oxygen atoms in total. The molecule has 2 aromatic carbocycles. The van der Waals surface area contributed by atoms with Crippen molar-refractivity contribution in [3.05, 3.63) is 94.7 Å². The molecule has 156 valence electrons. The first-order chi connectivity index (χ1) is 14.5. The minimum atomic E-state index is -0.661. The molecular weight excluding hydrogens is 380 g/mol. The number of hydrogen-bond donors (Lipinski definition) is 3. The minimum Gasteiger partial charge on any atom is -0.387 e. The topological polar surface area (TPSA) is 96.2 Å². The fourth-order valence-corrected chi connectivity index (χ4v) is 3.04. The maximum Gasteiger partial charge on any atom is 0.253 e. The summed E-state index contributed by atoms with van der Waals surface area (Å²) in [5.41, 5.74) is 2.41. The highest BCUT2D eigenvalue weighted by Crippen LogP contribution is 2.13. The highest BCUT2D eigenvalue weighted by molar-refractivity contribution is 5.93. The Bertz CT molecular complexity index is 1000. The van der Waals surface area contributed by atoms with Gasteiger partial charge in [-0.2, -0.15) is 0 Å². The second kappa shape index (κ2) is 10.5. The number of amides is 1. The number of hydrogen-bond acceptors (Lipinski definition) is 5. The van der Waals surface area contributed by atoms with E-state index in [-0.39, 0.29) is 11.5 Å². The van der Waals surface area contributed by atoms with E-state index >= 15 is 0 Å². The molecule has 2 atom stereocenters. The van der Waals surface area contributed by atoms with Crippen LogP contribution in [0.4, 0.5) is 5.69 Å². The number of benzene rings is 2. The van der Waals surface area contributed by atoms with Gasteiger partial charge in [-0.15, -0.1) is 0 Å². The molecule has 0 aliphatic carbocycles. The van der Waals surface area contributed by atoms with Gasteiger partial charge in [0.1, 0.15) is 6.04 Å². The molecule has 1 heterocycles. The lowest BCUT2D eigenvalue weighted by Gasteiger charge is -2.15. The zero-order valence-corrected chi connectivity index (χ0v) is 16.9. The summed E-state index contributed by atoms with van der Waals surface area (Å²) in [6.45, 7) is 2.88. The maximum absolute atomic E-state index is 12.4. The third-order valence-electron chi connectivity index (χ3n) is 4.88. The maximum atomic E-state index is 12.4. The van der Waals surface area contributed by atoms with E-state index in [2.05, 4.69) is 15.6 Å². The first-order valence-electron chi connectivity index (χ1n) is 9.90. The predicted molar refractivity (Wildman–Crippen MR) is 116 cm³/mol. The van der Waals surface area contributed by atoms with Crippen LogP contribution in [-0.2, 0) is 11.2 Å². The first kappa shape index (κ1) is 21.4. The van der Waals surface area contributed by atoms with Crippen LogP contribution in [0.25, 0.3) is 0 Å². The molecule has 0 bridgehead atoms.